The maximum atomic E-state index is 13.1. The molecule has 0 bridgehead atoms. The van der Waals surface area contributed by atoms with Crippen LogP contribution >= 0.6 is 0 Å². The van der Waals surface area contributed by atoms with E-state index in [1.165, 1.54) is 12.1 Å². The third kappa shape index (κ3) is 4.15. The van der Waals surface area contributed by atoms with E-state index in [0.29, 0.717) is 32.7 Å². The highest BCUT2D eigenvalue weighted by atomic mass is 19.1. The van der Waals surface area contributed by atoms with E-state index in [-0.39, 0.29) is 36.1 Å². The van der Waals surface area contributed by atoms with Crippen molar-refractivity contribution in [3.8, 4) is 0 Å². The number of carbonyl (C=O) groups is 2. The number of nitrogens with zero attached hydrogens (tertiary/aromatic N) is 3. The maximum Gasteiger partial charge on any atom is 0.237 e. The van der Waals surface area contributed by atoms with Gasteiger partial charge in [0, 0.05) is 51.0 Å². The molecule has 1 N–H and O–H groups in total. The van der Waals surface area contributed by atoms with Gasteiger partial charge in [-0.2, -0.15) is 0 Å². The summed E-state index contributed by atoms with van der Waals surface area (Å²) in [5.74, 6) is -0.275. The van der Waals surface area contributed by atoms with Crippen LogP contribution in [0.5, 0.6) is 0 Å². The fourth-order valence-corrected chi connectivity index (χ4v) is 3.72. The van der Waals surface area contributed by atoms with Gasteiger partial charge in [-0.25, -0.2) is 4.39 Å². The van der Waals surface area contributed by atoms with E-state index < -0.39 is 0 Å². The van der Waals surface area contributed by atoms with Gasteiger partial charge < -0.3 is 15.1 Å². The second-order valence-electron chi connectivity index (χ2n) is 7.19. The van der Waals surface area contributed by atoms with Crippen molar-refractivity contribution in [2.45, 2.75) is 32.4 Å². The minimum Gasteiger partial charge on any atom is -0.368 e. The van der Waals surface area contributed by atoms with Crippen molar-refractivity contribution in [1.82, 2.24) is 15.1 Å². The molecule has 1 aromatic rings. The minimum absolute atomic E-state index is 0.0245. The highest BCUT2D eigenvalue weighted by Crippen LogP contribution is 2.19. The molecule has 1 atom stereocenters. The number of nitrogens with one attached hydrogen (secondary N) is 1. The van der Waals surface area contributed by atoms with Gasteiger partial charge in [0.1, 0.15) is 5.82 Å². The first kappa shape index (κ1) is 18.6. The largest absolute Gasteiger partial charge is 0.368 e. The smallest absolute Gasteiger partial charge is 0.237 e. The van der Waals surface area contributed by atoms with Gasteiger partial charge in [0.2, 0.25) is 11.8 Å². The molecular weight excluding hydrogens is 335 g/mol. The van der Waals surface area contributed by atoms with Crippen LogP contribution in [-0.2, 0) is 9.59 Å². The van der Waals surface area contributed by atoms with Crippen molar-refractivity contribution in [2.24, 2.45) is 0 Å². The van der Waals surface area contributed by atoms with Gasteiger partial charge in [-0.05, 0) is 38.1 Å². The third-order valence-corrected chi connectivity index (χ3v) is 5.23. The molecule has 1 aromatic carbocycles. The van der Waals surface area contributed by atoms with Crippen LogP contribution in [0, 0.1) is 5.82 Å². The zero-order chi connectivity index (χ0) is 18.7. The molecule has 2 saturated heterocycles. The number of amides is 2. The molecule has 2 amide bonds. The zero-order valence-electron chi connectivity index (χ0n) is 15.4. The number of carbonyl (C=O) groups excluding carboxylic acids is 2. The van der Waals surface area contributed by atoms with Crippen LogP contribution in [0.2, 0.25) is 0 Å². The molecule has 2 aliphatic rings. The third-order valence-electron chi connectivity index (χ3n) is 5.23. The number of benzene rings is 1. The van der Waals surface area contributed by atoms with Gasteiger partial charge in [0.15, 0.2) is 0 Å². The van der Waals surface area contributed by atoms with E-state index in [1.807, 2.05) is 4.90 Å². The van der Waals surface area contributed by atoms with Gasteiger partial charge in [0.05, 0.1) is 12.5 Å². The van der Waals surface area contributed by atoms with Crippen molar-refractivity contribution in [1.29, 1.82) is 0 Å². The predicted molar refractivity (Wildman–Crippen MR) is 98.4 cm³/mol. The van der Waals surface area contributed by atoms with Crippen molar-refractivity contribution in [3.05, 3.63) is 30.1 Å². The van der Waals surface area contributed by atoms with E-state index in [9.17, 15) is 14.0 Å². The Bertz CT molecular complexity index is 641. The van der Waals surface area contributed by atoms with Crippen LogP contribution in [0.15, 0.2) is 24.3 Å². The lowest BCUT2D eigenvalue weighted by Gasteiger charge is -2.40. The molecular formula is C19H27FN4O2. The Morgan fingerprint density at radius 3 is 2.42 bits per heavy atom. The number of anilines is 1. The summed E-state index contributed by atoms with van der Waals surface area (Å²) in [6.45, 7) is 8.18. The summed E-state index contributed by atoms with van der Waals surface area (Å²) in [6, 6.07) is 6.28. The van der Waals surface area contributed by atoms with Gasteiger partial charge in [-0.1, -0.05) is 0 Å². The molecule has 2 heterocycles. The van der Waals surface area contributed by atoms with Crippen molar-refractivity contribution < 1.29 is 14.0 Å². The molecule has 0 spiro atoms. The van der Waals surface area contributed by atoms with Crippen molar-refractivity contribution in [3.63, 3.8) is 0 Å². The van der Waals surface area contributed by atoms with E-state index in [2.05, 4.69) is 29.0 Å². The quantitative estimate of drug-likeness (QED) is 0.871. The Balaban J connectivity index is 1.56. The Morgan fingerprint density at radius 1 is 1.15 bits per heavy atom. The normalized spacial score (nSPS) is 21.8. The average Bonchev–Trinajstić information content (AvgIpc) is 2.64. The summed E-state index contributed by atoms with van der Waals surface area (Å²) in [4.78, 5) is 31.0. The van der Waals surface area contributed by atoms with Crippen molar-refractivity contribution in [2.75, 3.05) is 44.2 Å². The summed E-state index contributed by atoms with van der Waals surface area (Å²) < 4.78 is 13.1. The van der Waals surface area contributed by atoms with Crippen LogP contribution < -0.4 is 10.2 Å². The second-order valence-corrected chi connectivity index (χ2v) is 7.19. The molecule has 26 heavy (non-hydrogen) atoms. The monoisotopic (exact) mass is 362 g/mol. The molecule has 3 rings (SSSR count). The van der Waals surface area contributed by atoms with E-state index in [4.69, 9.17) is 0 Å². The average molecular weight is 362 g/mol. The van der Waals surface area contributed by atoms with Crippen LogP contribution in [0.3, 0.4) is 0 Å². The highest BCUT2D eigenvalue weighted by Gasteiger charge is 2.34. The highest BCUT2D eigenvalue weighted by molar-refractivity contribution is 5.89. The lowest BCUT2D eigenvalue weighted by Crippen LogP contribution is -2.59. The van der Waals surface area contributed by atoms with E-state index >= 15 is 0 Å². The summed E-state index contributed by atoms with van der Waals surface area (Å²) in [5.41, 5.74) is 0.969. The first-order chi connectivity index (χ1) is 12.5. The topological polar surface area (TPSA) is 55.9 Å². The first-order valence-electron chi connectivity index (χ1n) is 9.27. The number of halogens is 1. The number of hydrogen-bond acceptors (Lipinski definition) is 4. The van der Waals surface area contributed by atoms with Crippen LogP contribution in [0.25, 0.3) is 0 Å². The Kier molecular flexibility index (Phi) is 5.76. The minimum atomic E-state index is -0.383. The van der Waals surface area contributed by atoms with E-state index in [1.54, 1.807) is 12.1 Å². The lowest BCUT2D eigenvalue weighted by molar-refractivity contribution is -0.139. The van der Waals surface area contributed by atoms with Crippen molar-refractivity contribution >= 4 is 17.5 Å². The number of hydrogen-bond donors (Lipinski definition) is 1. The number of piperazine rings is 2. The fraction of sp³-hybridized carbons (Fsp3) is 0.579. The standard InChI is InChI=1S/C19H27FN4O2/c1-14(2)24-8-7-21-19(26)17(24)13-18(25)23-11-9-22(10-12-23)16-5-3-15(20)4-6-16/h3-6,14,17H,7-13H2,1-2H3,(H,21,26)/t17-/m0/s1. The lowest BCUT2D eigenvalue weighted by atomic mass is 10.1. The Morgan fingerprint density at radius 2 is 1.81 bits per heavy atom. The molecule has 7 heteroatoms. The molecule has 6 nitrogen and oxygen atoms in total. The first-order valence-corrected chi connectivity index (χ1v) is 9.27. The second kappa shape index (κ2) is 8.03. The molecule has 2 fully saturated rings. The van der Waals surface area contributed by atoms with Gasteiger partial charge in [-0.15, -0.1) is 0 Å². The number of rotatable bonds is 4. The molecule has 0 unspecified atom stereocenters. The summed E-state index contributed by atoms with van der Waals surface area (Å²) in [5, 5.41) is 2.87. The summed E-state index contributed by atoms with van der Waals surface area (Å²) in [7, 11) is 0. The molecule has 0 aliphatic carbocycles. The molecule has 0 radical (unpaired) electrons. The van der Waals surface area contributed by atoms with Crippen LogP contribution in [0.1, 0.15) is 20.3 Å². The van der Waals surface area contributed by atoms with Crippen LogP contribution in [0.4, 0.5) is 10.1 Å². The van der Waals surface area contributed by atoms with E-state index in [0.717, 1.165) is 12.2 Å². The van der Waals surface area contributed by atoms with Gasteiger partial charge >= 0.3 is 0 Å². The Hall–Kier alpha value is -2.15. The van der Waals surface area contributed by atoms with Crippen LogP contribution in [-0.4, -0.2) is 73.0 Å². The maximum absolute atomic E-state index is 13.1. The Labute approximate surface area is 153 Å². The molecule has 2 aliphatic heterocycles. The summed E-state index contributed by atoms with van der Waals surface area (Å²) in [6.07, 6.45) is 0.223. The SMILES string of the molecule is CC(C)N1CCNC(=O)[C@@H]1CC(=O)N1CCN(c2ccc(F)cc2)CC1. The summed E-state index contributed by atoms with van der Waals surface area (Å²) >= 11 is 0. The molecule has 0 saturated carbocycles. The predicted octanol–water partition coefficient (Wildman–Crippen LogP) is 1.07. The van der Waals surface area contributed by atoms with Gasteiger partial charge in [0.25, 0.3) is 0 Å². The fourth-order valence-electron chi connectivity index (χ4n) is 3.72. The molecule has 0 aromatic heterocycles. The zero-order valence-corrected chi connectivity index (χ0v) is 15.4. The van der Waals surface area contributed by atoms with Gasteiger partial charge in [-0.3, -0.25) is 14.5 Å². The molecule has 142 valence electrons.